The Morgan fingerprint density at radius 1 is 1.03 bits per heavy atom. The Hall–Kier alpha value is -0.640. The van der Waals surface area contributed by atoms with Gasteiger partial charge in [-0.1, -0.05) is 52.3 Å². The molecule has 2 bridgehead atoms. The standard InChI is InChI=1S/C29H46O3/c1-7-21(19(2)3)9-8-20(4)23-10-11-24-26(23,5)14-13-25-27(6)15-12-22(30)18-28(27)16-17-29(24,25)32-31-28/h7,16-17,19-20,22-25,30H,8-15,18H2,1-6H3. The second-order valence-electron chi connectivity index (χ2n) is 12.9. The van der Waals surface area contributed by atoms with Gasteiger partial charge >= 0.3 is 0 Å². The number of rotatable bonds is 5. The summed E-state index contributed by atoms with van der Waals surface area (Å²) in [7, 11) is 0. The van der Waals surface area contributed by atoms with E-state index in [0.717, 1.165) is 24.7 Å². The normalized spacial score (nSPS) is 50.8. The molecule has 2 spiro atoms. The molecule has 9 unspecified atom stereocenters. The van der Waals surface area contributed by atoms with E-state index in [1.165, 1.54) is 38.5 Å². The molecule has 0 aromatic rings. The summed E-state index contributed by atoms with van der Waals surface area (Å²) in [5, 5.41) is 10.4. The highest BCUT2D eigenvalue weighted by molar-refractivity contribution is 5.33. The molecule has 1 N–H and O–H groups in total. The molecule has 4 fully saturated rings. The van der Waals surface area contributed by atoms with Crippen LogP contribution in [0.1, 0.15) is 99.3 Å². The second-order valence-corrected chi connectivity index (χ2v) is 12.9. The first-order valence-electron chi connectivity index (χ1n) is 13.5. The first kappa shape index (κ1) is 23.1. The van der Waals surface area contributed by atoms with Crippen LogP contribution in [0, 0.1) is 40.4 Å². The van der Waals surface area contributed by atoms with E-state index in [0.29, 0.717) is 29.6 Å². The van der Waals surface area contributed by atoms with Crippen LogP contribution in [-0.4, -0.2) is 22.4 Å². The molecule has 0 radical (unpaired) electrons. The number of hydrogen-bond donors (Lipinski definition) is 1. The fourth-order valence-corrected chi connectivity index (χ4v) is 9.44. The fourth-order valence-electron chi connectivity index (χ4n) is 9.44. The van der Waals surface area contributed by atoms with Crippen molar-refractivity contribution in [2.75, 3.05) is 0 Å². The zero-order chi connectivity index (χ0) is 22.9. The predicted octanol–water partition coefficient (Wildman–Crippen LogP) is 7.01. The van der Waals surface area contributed by atoms with Crippen molar-refractivity contribution in [1.82, 2.24) is 0 Å². The van der Waals surface area contributed by atoms with E-state index in [-0.39, 0.29) is 17.1 Å². The largest absolute Gasteiger partial charge is 0.393 e. The van der Waals surface area contributed by atoms with Gasteiger partial charge in [0.25, 0.3) is 0 Å². The Labute approximate surface area is 195 Å². The van der Waals surface area contributed by atoms with Gasteiger partial charge in [-0.15, -0.1) is 0 Å². The third kappa shape index (κ3) is 2.96. The topological polar surface area (TPSA) is 38.7 Å². The minimum atomic E-state index is -0.435. The summed E-state index contributed by atoms with van der Waals surface area (Å²) < 4.78 is 0. The SMILES string of the molecule is CC=C(CCC(C)C1CCC2C1(C)CCC1C23C=CC2(CC(O)CCC12C)OO3)C(C)C. The number of aliphatic hydroxyl groups is 1. The summed E-state index contributed by atoms with van der Waals surface area (Å²) >= 11 is 0. The molecule has 1 saturated heterocycles. The highest BCUT2D eigenvalue weighted by Gasteiger charge is 2.74. The molecular formula is C29H46O3. The van der Waals surface area contributed by atoms with Crippen LogP contribution in [-0.2, 0) is 9.78 Å². The third-order valence-electron chi connectivity index (χ3n) is 11.4. The van der Waals surface area contributed by atoms with Crippen LogP contribution >= 0.6 is 0 Å². The number of fused-ring (bicyclic) bond motifs is 2. The monoisotopic (exact) mass is 442 g/mol. The van der Waals surface area contributed by atoms with Crippen molar-refractivity contribution in [3.63, 3.8) is 0 Å². The Balaban J connectivity index is 1.41. The summed E-state index contributed by atoms with van der Waals surface area (Å²) in [4.78, 5) is 12.8. The summed E-state index contributed by atoms with van der Waals surface area (Å²) in [6.45, 7) is 14.4. The first-order valence-corrected chi connectivity index (χ1v) is 13.5. The lowest BCUT2D eigenvalue weighted by Gasteiger charge is -2.69. The first-order chi connectivity index (χ1) is 15.1. The molecule has 0 amide bonds. The smallest absolute Gasteiger partial charge is 0.130 e. The molecule has 0 aromatic carbocycles. The molecule has 2 aliphatic heterocycles. The summed E-state index contributed by atoms with van der Waals surface area (Å²) in [6.07, 6.45) is 17.1. The maximum atomic E-state index is 10.4. The van der Waals surface area contributed by atoms with Crippen LogP contribution in [0.25, 0.3) is 0 Å². The molecule has 3 nitrogen and oxygen atoms in total. The molecule has 2 heterocycles. The Morgan fingerprint density at radius 2 is 1.81 bits per heavy atom. The summed E-state index contributed by atoms with van der Waals surface area (Å²) in [5.74, 6) is 3.20. The molecular weight excluding hydrogens is 396 g/mol. The van der Waals surface area contributed by atoms with Gasteiger partial charge in [0, 0.05) is 23.7 Å². The zero-order valence-electron chi connectivity index (χ0n) is 21.3. The van der Waals surface area contributed by atoms with Crippen LogP contribution < -0.4 is 0 Å². The van der Waals surface area contributed by atoms with Crippen LogP contribution in [0.4, 0.5) is 0 Å². The van der Waals surface area contributed by atoms with Crippen molar-refractivity contribution in [3.05, 3.63) is 23.8 Å². The van der Waals surface area contributed by atoms with E-state index in [2.05, 4.69) is 59.8 Å². The molecule has 180 valence electrons. The van der Waals surface area contributed by atoms with Gasteiger partial charge in [0.2, 0.25) is 0 Å². The van der Waals surface area contributed by atoms with Gasteiger partial charge < -0.3 is 5.11 Å². The maximum Gasteiger partial charge on any atom is 0.130 e. The number of hydrogen-bond acceptors (Lipinski definition) is 3. The average molecular weight is 443 g/mol. The van der Waals surface area contributed by atoms with Crippen LogP contribution in [0.2, 0.25) is 0 Å². The van der Waals surface area contributed by atoms with Crippen LogP contribution in [0.3, 0.4) is 0 Å². The van der Waals surface area contributed by atoms with Crippen molar-refractivity contribution >= 4 is 0 Å². The number of allylic oxidation sites excluding steroid dienone is 2. The highest BCUT2D eigenvalue weighted by atomic mass is 17.2. The van der Waals surface area contributed by atoms with Gasteiger partial charge in [-0.2, -0.15) is 0 Å². The molecule has 4 aliphatic carbocycles. The van der Waals surface area contributed by atoms with Crippen LogP contribution in [0.5, 0.6) is 0 Å². The van der Waals surface area contributed by atoms with Crippen molar-refractivity contribution in [3.8, 4) is 0 Å². The van der Waals surface area contributed by atoms with E-state index in [4.69, 9.17) is 9.78 Å². The molecule has 6 aliphatic rings. The van der Waals surface area contributed by atoms with Gasteiger partial charge in [0.15, 0.2) is 0 Å². The van der Waals surface area contributed by atoms with Crippen molar-refractivity contribution in [2.24, 2.45) is 40.4 Å². The molecule has 9 atom stereocenters. The van der Waals surface area contributed by atoms with E-state index in [9.17, 15) is 5.11 Å². The second kappa shape index (κ2) is 7.68. The Kier molecular flexibility index (Phi) is 5.55. The van der Waals surface area contributed by atoms with E-state index < -0.39 is 5.60 Å². The summed E-state index contributed by atoms with van der Waals surface area (Å²) in [6, 6.07) is 0. The predicted molar refractivity (Wildman–Crippen MR) is 129 cm³/mol. The van der Waals surface area contributed by atoms with Gasteiger partial charge in [0.05, 0.1) is 6.10 Å². The Bertz CT molecular complexity index is 800. The lowest BCUT2D eigenvalue weighted by Crippen LogP contribution is -2.73. The molecule has 0 aromatic heterocycles. The molecule has 32 heavy (non-hydrogen) atoms. The highest BCUT2D eigenvalue weighted by Crippen LogP contribution is 2.72. The fraction of sp³-hybridized carbons (Fsp3) is 0.862. The van der Waals surface area contributed by atoms with Crippen LogP contribution in [0.15, 0.2) is 23.8 Å². The van der Waals surface area contributed by atoms with E-state index in [1.807, 2.05) is 0 Å². The lowest BCUT2D eigenvalue weighted by atomic mass is 9.42. The molecule has 3 heteroatoms. The van der Waals surface area contributed by atoms with Crippen molar-refractivity contribution in [1.29, 1.82) is 0 Å². The van der Waals surface area contributed by atoms with E-state index >= 15 is 0 Å². The van der Waals surface area contributed by atoms with Gasteiger partial charge in [0.1, 0.15) is 11.2 Å². The third-order valence-corrected chi connectivity index (χ3v) is 11.4. The van der Waals surface area contributed by atoms with Crippen molar-refractivity contribution in [2.45, 2.75) is 117 Å². The summed E-state index contributed by atoms with van der Waals surface area (Å²) in [5.41, 5.74) is 1.30. The number of aliphatic hydroxyl groups excluding tert-OH is 1. The Morgan fingerprint density at radius 3 is 2.47 bits per heavy atom. The van der Waals surface area contributed by atoms with Gasteiger partial charge in [-0.3, -0.25) is 0 Å². The lowest BCUT2D eigenvalue weighted by molar-refractivity contribution is -0.497. The molecule has 3 saturated carbocycles. The van der Waals surface area contributed by atoms with E-state index in [1.54, 1.807) is 5.57 Å². The molecule has 6 rings (SSSR count). The zero-order valence-corrected chi connectivity index (χ0v) is 21.3. The minimum absolute atomic E-state index is 0.0718. The minimum Gasteiger partial charge on any atom is -0.393 e. The van der Waals surface area contributed by atoms with Gasteiger partial charge in [-0.05, 0) is 87.5 Å². The quantitative estimate of drug-likeness (QED) is 0.368. The average Bonchev–Trinajstić information content (AvgIpc) is 3.12. The van der Waals surface area contributed by atoms with Gasteiger partial charge in [-0.25, -0.2) is 9.78 Å². The van der Waals surface area contributed by atoms with Crippen molar-refractivity contribution < 1.29 is 14.9 Å². The maximum absolute atomic E-state index is 10.4.